The maximum Gasteiger partial charge on any atom is 0.126 e. The fraction of sp³-hybridized carbons (Fsp3) is 0.667. The van der Waals surface area contributed by atoms with Crippen LogP contribution < -0.4 is 5.32 Å². The molecule has 0 aliphatic heterocycles. The molecule has 1 aromatic rings. The van der Waals surface area contributed by atoms with Crippen molar-refractivity contribution in [2.75, 3.05) is 26.3 Å². The molecule has 0 heterocycles. The molecule has 0 aliphatic carbocycles. The van der Waals surface area contributed by atoms with Crippen molar-refractivity contribution in [3.63, 3.8) is 0 Å². The lowest BCUT2D eigenvalue weighted by atomic mass is 9.96. The van der Waals surface area contributed by atoms with Crippen LogP contribution in [-0.4, -0.2) is 26.3 Å². The Bertz CT molecular complexity index is 381. The topological polar surface area (TPSA) is 21.3 Å². The highest BCUT2D eigenvalue weighted by molar-refractivity contribution is 5.17. The first-order valence-electron chi connectivity index (χ1n) is 8.15. The SMILES string of the molecule is CCNCC(CCOCCC(C)C)Cc1ccccc1F. The predicted molar refractivity (Wildman–Crippen MR) is 87.0 cm³/mol. The molecule has 0 saturated heterocycles. The van der Waals surface area contributed by atoms with Crippen molar-refractivity contribution < 1.29 is 9.13 Å². The molecule has 1 rings (SSSR count). The molecular weight excluding hydrogens is 265 g/mol. The molecule has 2 nitrogen and oxygen atoms in total. The smallest absolute Gasteiger partial charge is 0.126 e. The average Bonchev–Trinajstić information content (AvgIpc) is 2.46. The highest BCUT2D eigenvalue weighted by atomic mass is 19.1. The van der Waals surface area contributed by atoms with Gasteiger partial charge in [-0.05, 0) is 55.8 Å². The quantitative estimate of drug-likeness (QED) is 0.622. The van der Waals surface area contributed by atoms with E-state index in [0.29, 0.717) is 11.8 Å². The molecule has 0 bridgehead atoms. The highest BCUT2D eigenvalue weighted by Gasteiger charge is 2.12. The molecule has 1 unspecified atom stereocenters. The van der Waals surface area contributed by atoms with Gasteiger partial charge >= 0.3 is 0 Å². The van der Waals surface area contributed by atoms with Crippen LogP contribution in [0.2, 0.25) is 0 Å². The van der Waals surface area contributed by atoms with E-state index in [9.17, 15) is 4.39 Å². The van der Waals surface area contributed by atoms with Gasteiger partial charge < -0.3 is 10.1 Å². The summed E-state index contributed by atoms with van der Waals surface area (Å²) < 4.78 is 19.5. The standard InChI is InChI=1S/C18H30FNO/c1-4-20-14-16(10-12-21-11-9-15(2)3)13-17-7-5-6-8-18(17)19/h5-8,15-16,20H,4,9-14H2,1-3H3. The van der Waals surface area contributed by atoms with E-state index in [1.54, 1.807) is 12.1 Å². The molecule has 120 valence electrons. The van der Waals surface area contributed by atoms with Gasteiger partial charge in [-0.15, -0.1) is 0 Å². The van der Waals surface area contributed by atoms with Gasteiger partial charge in [0.1, 0.15) is 5.82 Å². The van der Waals surface area contributed by atoms with Gasteiger partial charge in [-0.25, -0.2) is 4.39 Å². The second-order valence-corrected chi connectivity index (χ2v) is 6.05. The van der Waals surface area contributed by atoms with Gasteiger partial charge in [0.25, 0.3) is 0 Å². The summed E-state index contributed by atoms with van der Waals surface area (Å²) in [6.45, 7) is 9.95. The van der Waals surface area contributed by atoms with E-state index in [1.807, 2.05) is 12.1 Å². The lowest BCUT2D eigenvalue weighted by Crippen LogP contribution is -2.25. The van der Waals surface area contributed by atoms with E-state index in [-0.39, 0.29) is 5.82 Å². The van der Waals surface area contributed by atoms with E-state index in [4.69, 9.17) is 4.74 Å². The third kappa shape index (κ3) is 8.18. The van der Waals surface area contributed by atoms with Crippen molar-refractivity contribution in [3.8, 4) is 0 Å². The predicted octanol–water partition coefficient (Wildman–Crippen LogP) is 4.05. The molecule has 0 radical (unpaired) electrons. The number of nitrogens with one attached hydrogen (secondary N) is 1. The van der Waals surface area contributed by atoms with E-state index < -0.39 is 0 Å². The van der Waals surface area contributed by atoms with Crippen LogP contribution in [0.3, 0.4) is 0 Å². The highest BCUT2D eigenvalue weighted by Crippen LogP contribution is 2.15. The number of hydrogen-bond acceptors (Lipinski definition) is 2. The lowest BCUT2D eigenvalue weighted by molar-refractivity contribution is 0.110. The zero-order valence-electron chi connectivity index (χ0n) is 13.7. The van der Waals surface area contributed by atoms with Crippen LogP contribution in [0.4, 0.5) is 4.39 Å². The summed E-state index contributed by atoms with van der Waals surface area (Å²) in [4.78, 5) is 0. The van der Waals surface area contributed by atoms with Gasteiger partial charge in [0.05, 0.1) is 0 Å². The van der Waals surface area contributed by atoms with Crippen LogP contribution in [0.15, 0.2) is 24.3 Å². The van der Waals surface area contributed by atoms with Gasteiger partial charge in [0.15, 0.2) is 0 Å². The van der Waals surface area contributed by atoms with E-state index in [0.717, 1.165) is 51.1 Å². The maximum atomic E-state index is 13.8. The van der Waals surface area contributed by atoms with Crippen LogP contribution in [0.25, 0.3) is 0 Å². The summed E-state index contributed by atoms with van der Waals surface area (Å²) in [5, 5.41) is 3.37. The molecule has 0 aliphatic rings. The van der Waals surface area contributed by atoms with E-state index >= 15 is 0 Å². The molecule has 0 amide bonds. The Morgan fingerprint density at radius 1 is 1.14 bits per heavy atom. The fourth-order valence-corrected chi connectivity index (χ4v) is 2.27. The van der Waals surface area contributed by atoms with Crippen LogP contribution in [0.1, 0.15) is 39.2 Å². The van der Waals surface area contributed by atoms with Crippen LogP contribution in [0.5, 0.6) is 0 Å². The zero-order chi connectivity index (χ0) is 15.5. The second kappa shape index (κ2) is 10.7. The fourth-order valence-electron chi connectivity index (χ4n) is 2.27. The Morgan fingerprint density at radius 3 is 2.52 bits per heavy atom. The van der Waals surface area contributed by atoms with Crippen molar-refractivity contribution in [1.29, 1.82) is 0 Å². The molecule has 1 atom stereocenters. The first-order valence-corrected chi connectivity index (χ1v) is 8.15. The van der Waals surface area contributed by atoms with Crippen LogP contribution in [0, 0.1) is 17.7 Å². The minimum atomic E-state index is -0.0975. The summed E-state index contributed by atoms with van der Waals surface area (Å²) in [6, 6.07) is 7.07. The normalized spacial score (nSPS) is 12.8. The minimum absolute atomic E-state index is 0.0975. The Kier molecular flexibility index (Phi) is 9.27. The molecule has 1 aromatic carbocycles. The molecule has 0 aromatic heterocycles. The van der Waals surface area contributed by atoms with Crippen LogP contribution in [-0.2, 0) is 11.2 Å². The third-order valence-corrected chi connectivity index (χ3v) is 3.66. The second-order valence-electron chi connectivity index (χ2n) is 6.05. The van der Waals surface area contributed by atoms with Crippen molar-refractivity contribution in [3.05, 3.63) is 35.6 Å². The average molecular weight is 295 g/mol. The monoisotopic (exact) mass is 295 g/mol. The maximum absolute atomic E-state index is 13.8. The lowest BCUT2D eigenvalue weighted by Gasteiger charge is -2.18. The molecular formula is C18H30FNO. The Hall–Kier alpha value is -0.930. The summed E-state index contributed by atoms with van der Waals surface area (Å²) in [5.74, 6) is 1.00. The molecule has 0 fully saturated rings. The molecule has 3 heteroatoms. The number of rotatable bonds is 11. The van der Waals surface area contributed by atoms with Crippen molar-refractivity contribution in [2.24, 2.45) is 11.8 Å². The third-order valence-electron chi connectivity index (χ3n) is 3.66. The Labute approximate surface area is 129 Å². The minimum Gasteiger partial charge on any atom is -0.381 e. The summed E-state index contributed by atoms with van der Waals surface area (Å²) in [6.07, 6.45) is 2.85. The van der Waals surface area contributed by atoms with Gasteiger partial charge in [0.2, 0.25) is 0 Å². The zero-order valence-corrected chi connectivity index (χ0v) is 13.7. The van der Waals surface area contributed by atoms with Gasteiger partial charge in [0, 0.05) is 13.2 Å². The van der Waals surface area contributed by atoms with Crippen molar-refractivity contribution >= 4 is 0 Å². The Morgan fingerprint density at radius 2 is 1.86 bits per heavy atom. The Balaban J connectivity index is 2.38. The van der Waals surface area contributed by atoms with Gasteiger partial charge in [-0.1, -0.05) is 39.0 Å². The largest absolute Gasteiger partial charge is 0.381 e. The molecule has 0 spiro atoms. The van der Waals surface area contributed by atoms with Gasteiger partial charge in [-0.2, -0.15) is 0 Å². The number of hydrogen-bond donors (Lipinski definition) is 1. The van der Waals surface area contributed by atoms with E-state index in [2.05, 4.69) is 26.1 Å². The first kappa shape index (κ1) is 18.1. The summed E-state index contributed by atoms with van der Waals surface area (Å²) in [7, 11) is 0. The summed E-state index contributed by atoms with van der Waals surface area (Å²) >= 11 is 0. The van der Waals surface area contributed by atoms with Crippen LogP contribution >= 0.6 is 0 Å². The first-order chi connectivity index (χ1) is 10.1. The number of ether oxygens (including phenoxy) is 1. The van der Waals surface area contributed by atoms with Gasteiger partial charge in [-0.3, -0.25) is 0 Å². The molecule has 1 N–H and O–H groups in total. The van der Waals surface area contributed by atoms with Crippen molar-refractivity contribution in [1.82, 2.24) is 5.32 Å². The molecule has 21 heavy (non-hydrogen) atoms. The number of halogens is 1. The molecule has 0 saturated carbocycles. The number of benzene rings is 1. The van der Waals surface area contributed by atoms with Crippen molar-refractivity contribution in [2.45, 2.75) is 40.0 Å². The van der Waals surface area contributed by atoms with E-state index in [1.165, 1.54) is 0 Å². The summed E-state index contributed by atoms with van der Waals surface area (Å²) in [5.41, 5.74) is 0.808.